The molecule has 2 aromatic carbocycles. The Balaban J connectivity index is 1.54. The van der Waals surface area contributed by atoms with Crippen LogP contribution < -0.4 is 4.90 Å². The maximum Gasteiger partial charge on any atom is 0.337 e. The average molecular weight is 337 g/mol. The lowest BCUT2D eigenvalue weighted by atomic mass is 10.1. The molecule has 0 radical (unpaired) electrons. The van der Waals surface area contributed by atoms with Crippen molar-refractivity contribution in [2.45, 2.75) is 6.92 Å². The van der Waals surface area contributed by atoms with Crippen LogP contribution >= 0.6 is 0 Å². The summed E-state index contributed by atoms with van der Waals surface area (Å²) in [5.74, 6) is -0.323. The van der Waals surface area contributed by atoms with Crippen molar-refractivity contribution in [2.24, 2.45) is 5.10 Å². The van der Waals surface area contributed by atoms with Gasteiger partial charge in [0.25, 0.3) is 0 Å². The van der Waals surface area contributed by atoms with Gasteiger partial charge in [-0.15, -0.1) is 0 Å². The van der Waals surface area contributed by atoms with E-state index in [2.05, 4.69) is 46.2 Å². The van der Waals surface area contributed by atoms with Gasteiger partial charge in [0.05, 0.1) is 32.0 Å². The average Bonchev–Trinajstić information content (AvgIpc) is 2.67. The van der Waals surface area contributed by atoms with Gasteiger partial charge < -0.3 is 9.64 Å². The Labute approximate surface area is 148 Å². The zero-order valence-corrected chi connectivity index (χ0v) is 14.7. The number of carbonyl (C=O) groups is 1. The number of hydrazone groups is 1. The number of ether oxygens (including phenoxy) is 1. The van der Waals surface area contributed by atoms with Crippen molar-refractivity contribution in [3.63, 3.8) is 0 Å². The van der Waals surface area contributed by atoms with Gasteiger partial charge in [0.2, 0.25) is 0 Å². The van der Waals surface area contributed by atoms with Crippen LogP contribution in [0, 0.1) is 6.92 Å². The molecule has 0 bridgehead atoms. The van der Waals surface area contributed by atoms with E-state index in [0.717, 1.165) is 31.7 Å². The van der Waals surface area contributed by atoms with Crippen LogP contribution in [0.3, 0.4) is 0 Å². The Morgan fingerprint density at radius 1 is 1.00 bits per heavy atom. The molecule has 1 saturated heterocycles. The van der Waals surface area contributed by atoms with Crippen molar-refractivity contribution in [3.05, 3.63) is 65.2 Å². The number of nitrogens with zero attached hydrogens (tertiary/aromatic N) is 3. The molecule has 1 fully saturated rings. The molecular weight excluding hydrogens is 314 g/mol. The fourth-order valence-electron chi connectivity index (χ4n) is 2.80. The zero-order chi connectivity index (χ0) is 17.6. The van der Waals surface area contributed by atoms with Crippen LogP contribution in [0.25, 0.3) is 0 Å². The quantitative estimate of drug-likeness (QED) is 0.636. The summed E-state index contributed by atoms with van der Waals surface area (Å²) in [4.78, 5) is 13.8. The van der Waals surface area contributed by atoms with Crippen LogP contribution in [0.15, 0.2) is 53.6 Å². The summed E-state index contributed by atoms with van der Waals surface area (Å²) in [7, 11) is 1.38. The SMILES string of the molecule is COC(=O)c1ccc(C=NN2CCN(c3ccc(C)cc3)CC2)cc1. The van der Waals surface area contributed by atoms with E-state index in [4.69, 9.17) is 4.74 Å². The Kier molecular flexibility index (Phi) is 5.33. The number of benzene rings is 2. The van der Waals surface area contributed by atoms with Crippen molar-refractivity contribution >= 4 is 17.9 Å². The second-order valence-corrected chi connectivity index (χ2v) is 6.13. The number of anilines is 1. The van der Waals surface area contributed by atoms with E-state index in [1.807, 2.05) is 18.3 Å². The molecule has 0 aliphatic carbocycles. The van der Waals surface area contributed by atoms with Crippen molar-refractivity contribution in [3.8, 4) is 0 Å². The van der Waals surface area contributed by atoms with Crippen molar-refractivity contribution in [1.82, 2.24) is 5.01 Å². The van der Waals surface area contributed by atoms with Gasteiger partial charge in [-0.1, -0.05) is 29.8 Å². The topological polar surface area (TPSA) is 45.1 Å². The molecule has 1 aliphatic heterocycles. The number of hydrogen-bond acceptors (Lipinski definition) is 5. The molecule has 0 N–H and O–H groups in total. The highest BCUT2D eigenvalue weighted by atomic mass is 16.5. The molecule has 25 heavy (non-hydrogen) atoms. The van der Waals surface area contributed by atoms with Crippen LogP contribution in [0.1, 0.15) is 21.5 Å². The molecule has 5 heteroatoms. The number of aryl methyl sites for hydroxylation is 1. The summed E-state index contributed by atoms with van der Waals surface area (Å²) in [6.07, 6.45) is 1.84. The standard InChI is InChI=1S/C20H23N3O2/c1-16-3-9-19(10-4-16)22-11-13-23(14-12-22)21-15-17-5-7-18(8-6-17)20(24)25-2/h3-10,15H,11-14H2,1-2H3. The first kappa shape index (κ1) is 17.0. The molecule has 2 aromatic rings. The summed E-state index contributed by atoms with van der Waals surface area (Å²) >= 11 is 0. The number of piperazine rings is 1. The monoisotopic (exact) mass is 337 g/mol. The summed E-state index contributed by atoms with van der Waals surface area (Å²) in [6, 6.07) is 15.9. The minimum Gasteiger partial charge on any atom is -0.465 e. The molecule has 0 spiro atoms. The third-order valence-corrected chi connectivity index (χ3v) is 4.36. The van der Waals surface area contributed by atoms with E-state index in [-0.39, 0.29) is 5.97 Å². The van der Waals surface area contributed by atoms with Crippen molar-refractivity contribution < 1.29 is 9.53 Å². The summed E-state index contributed by atoms with van der Waals surface area (Å²) < 4.78 is 4.70. The minimum absolute atomic E-state index is 0.323. The normalized spacial score (nSPS) is 14.8. The van der Waals surface area contributed by atoms with E-state index in [9.17, 15) is 4.79 Å². The fraction of sp³-hybridized carbons (Fsp3) is 0.300. The van der Waals surface area contributed by atoms with E-state index < -0.39 is 0 Å². The van der Waals surface area contributed by atoms with E-state index >= 15 is 0 Å². The third-order valence-electron chi connectivity index (χ3n) is 4.36. The minimum atomic E-state index is -0.323. The van der Waals surface area contributed by atoms with Crippen molar-refractivity contribution in [2.75, 3.05) is 38.2 Å². The molecular formula is C20H23N3O2. The number of hydrogen-bond donors (Lipinski definition) is 0. The van der Waals surface area contributed by atoms with E-state index in [1.165, 1.54) is 18.4 Å². The van der Waals surface area contributed by atoms with E-state index in [0.29, 0.717) is 5.56 Å². The Bertz CT molecular complexity index is 731. The summed E-state index contributed by atoms with van der Waals surface area (Å²) in [5, 5.41) is 6.64. The number of esters is 1. The van der Waals surface area contributed by atoms with Crippen LogP contribution in [0.4, 0.5) is 5.69 Å². The lowest BCUT2D eigenvalue weighted by Gasteiger charge is -2.34. The van der Waals surface area contributed by atoms with Crippen LogP contribution in [0.5, 0.6) is 0 Å². The van der Waals surface area contributed by atoms with Gasteiger partial charge in [0, 0.05) is 18.8 Å². The maximum absolute atomic E-state index is 11.4. The predicted octanol–water partition coefficient (Wildman–Crippen LogP) is 2.94. The highest BCUT2D eigenvalue weighted by Crippen LogP contribution is 2.17. The number of methoxy groups -OCH3 is 1. The van der Waals surface area contributed by atoms with Crippen LogP contribution in [-0.2, 0) is 4.74 Å². The zero-order valence-electron chi connectivity index (χ0n) is 14.7. The predicted molar refractivity (Wildman–Crippen MR) is 100 cm³/mol. The van der Waals surface area contributed by atoms with Gasteiger partial charge in [0.15, 0.2) is 0 Å². The first-order valence-corrected chi connectivity index (χ1v) is 8.44. The highest BCUT2D eigenvalue weighted by Gasteiger charge is 2.15. The van der Waals surface area contributed by atoms with Gasteiger partial charge in [-0.05, 0) is 36.8 Å². The van der Waals surface area contributed by atoms with Gasteiger partial charge >= 0.3 is 5.97 Å². The molecule has 1 heterocycles. The molecule has 0 amide bonds. The molecule has 0 unspecified atom stereocenters. The fourth-order valence-corrected chi connectivity index (χ4v) is 2.80. The summed E-state index contributed by atoms with van der Waals surface area (Å²) in [6.45, 7) is 5.81. The van der Waals surface area contributed by atoms with E-state index in [1.54, 1.807) is 12.1 Å². The van der Waals surface area contributed by atoms with Gasteiger partial charge in [-0.25, -0.2) is 4.79 Å². The molecule has 1 aliphatic rings. The van der Waals surface area contributed by atoms with Gasteiger partial charge in [-0.2, -0.15) is 5.10 Å². The molecule has 130 valence electrons. The smallest absolute Gasteiger partial charge is 0.337 e. The molecule has 3 rings (SSSR count). The second-order valence-electron chi connectivity index (χ2n) is 6.13. The van der Waals surface area contributed by atoms with Crippen LogP contribution in [0.2, 0.25) is 0 Å². The van der Waals surface area contributed by atoms with Gasteiger partial charge in [-0.3, -0.25) is 5.01 Å². The number of carbonyl (C=O) groups excluding carboxylic acids is 1. The molecule has 5 nitrogen and oxygen atoms in total. The van der Waals surface area contributed by atoms with Crippen LogP contribution in [-0.4, -0.2) is 50.5 Å². The highest BCUT2D eigenvalue weighted by molar-refractivity contribution is 5.90. The lowest BCUT2D eigenvalue weighted by Crippen LogP contribution is -2.44. The molecule has 0 atom stereocenters. The third kappa shape index (κ3) is 4.38. The Hall–Kier alpha value is -2.82. The second kappa shape index (κ2) is 7.83. The Morgan fingerprint density at radius 2 is 1.64 bits per heavy atom. The molecule has 0 saturated carbocycles. The summed E-state index contributed by atoms with van der Waals surface area (Å²) in [5.41, 5.74) is 4.07. The lowest BCUT2D eigenvalue weighted by molar-refractivity contribution is 0.0600. The maximum atomic E-state index is 11.4. The largest absolute Gasteiger partial charge is 0.465 e. The Morgan fingerprint density at radius 3 is 2.24 bits per heavy atom. The van der Waals surface area contributed by atoms with Crippen molar-refractivity contribution in [1.29, 1.82) is 0 Å². The molecule has 0 aromatic heterocycles. The van der Waals surface area contributed by atoms with Gasteiger partial charge in [0.1, 0.15) is 0 Å². The first-order valence-electron chi connectivity index (χ1n) is 8.44. The number of rotatable bonds is 4. The first-order chi connectivity index (χ1) is 12.2.